The molecular formula is C17H23N5O2. The van der Waals surface area contributed by atoms with Crippen LogP contribution in [0.1, 0.15) is 30.9 Å². The number of nitro groups is 1. The first-order valence-electron chi connectivity index (χ1n) is 7.98. The minimum atomic E-state index is -0.429. The van der Waals surface area contributed by atoms with Crippen molar-refractivity contribution in [2.75, 3.05) is 23.8 Å². The van der Waals surface area contributed by atoms with Crippen molar-refractivity contribution in [1.82, 2.24) is 9.97 Å². The van der Waals surface area contributed by atoms with Gasteiger partial charge in [0.05, 0.1) is 4.92 Å². The van der Waals surface area contributed by atoms with Gasteiger partial charge in [0.2, 0.25) is 11.6 Å². The zero-order valence-electron chi connectivity index (χ0n) is 14.5. The maximum absolute atomic E-state index is 11.6. The Hall–Kier alpha value is -2.70. The Kier molecular flexibility index (Phi) is 5.68. The van der Waals surface area contributed by atoms with Crippen LogP contribution in [-0.2, 0) is 0 Å². The van der Waals surface area contributed by atoms with Crippen molar-refractivity contribution in [3.8, 4) is 0 Å². The van der Waals surface area contributed by atoms with Crippen molar-refractivity contribution < 1.29 is 4.92 Å². The summed E-state index contributed by atoms with van der Waals surface area (Å²) in [6.45, 7) is 6.80. The Balaban J connectivity index is 2.38. The van der Waals surface area contributed by atoms with E-state index in [-0.39, 0.29) is 11.5 Å². The van der Waals surface area contributed by atoms with Crippen molar-refractivity contribution in [3.05, 3.63) is 45.8 Å². The molecule has 1 aromatic carbocycles. The molecule has 0 spiro atoms. The van der Waals surface area contributed by atoms with Crippen LogP contribution in [0.3, 0.4) is 0 Å². The summed E-state index contributed by atoms with van der Waals surface area (Å²) in [6.07, 6.45) is 3.31. The third-order valence-corrected chi connectivity index (χ3v) is 3.96. The first-order valence-corrected chi connectivity index (χ1v) is 7.98. The van der Waals surface area contributed by atoms with E-state index < -0.39 is 4.92 Å². The smallest absolute Gasteiger partial charge is 0.353 e. The number of aryl methyl sites for hydroxylation is 2. The first kappa shape index (κ1) is 17.7. The van der Waals surface area contributed by atoms with E-state index in [4.69, 9.17) is 0 Å². The Morgan fingerprint density at radius 1 is 1.25 bits per heavy atom. The summed E-state index contributed by atoms with van der Waals surface area (Å²) in [5, 5.41) is 14.6. The maximum Gasteiger partial charge on any atom is 0.353 e. The summed E-state index contributed by atoms with van der Waals surface area (Å²) in [7, 11) is 1.81. The zero-order chi connectivity index (χ0) is 17.7. The van der Waals surface area contributed by atoms with Crippen molar-refractivity contribution in [2.24, 2.45) is 0 Å². The number of aromatic nitrogens is 2. The lowest BCUT2D eigenvalue weighted by Crippen LogP contribution is -2.21. The van der Waals surface area contributed by atoms with Crippen LogP contribution in [0.5, 0.6) is 0 Å². The highest BCUT2D eigenvalue weighted by Crippen LogP contribution is 2.33. The van der Waals surface area contributed by atoms with Crippen LogP contribution in [0.2, 0.25) is 0 Å². The van der Waals surface area contributed by atoms with E-state index in [9.17, 15) is 10.1 Å². The molecule has 128 valence electrons. The Labute approximate surface area is 141 Å². The van der Waals surface area contributed by atoms with E-state index >= 15 is 0 Å². The third-order valence-electron chi connectivity index (χ3n) is 3.96. The Bertz CT molecular complexity index is 733. The van der Waals surface area contributed by atoms with Crippen LogP contribution in [0.15, 0.2) is 24.5 Å². The van der Waals surface area contributed by atoms with Gasteiger partial charge < -0.3 is 10.2 Å². The van der Waals surface area contributed by atoms with Gasteiger partial charge in [-0.1, -0.05) is 19.4 Å². The molecule has 0 aliphatic heterocycles. The largest absolute Gasteiger partial charge is 0.354 e. The van der Waals surface area contributed by atoms with Crippen molar-refractivity contribution in [1.29, 1.82) is 0 Å². The summed E-state index contributed by atoms with van der Waals surface area (Å²) >= 11 is 0. The highest BCUT2D eigenvalue weighted by atomic mass is 16.6. The molecule has 0 saturated carbocycles. The molecule has 24 heavy (non-hydrogen) atoms. The normalized spacial score (nSPS) is 10.5. The number of nitrogens with zero attached hydrogens (tertiary/aromatic N) is 4. The quantitative estimate of drug-likeness (QED) is 0.611. The van der Waals surface area contributed by atoms with Crippen molar-refractivity contribution >= 4 is 23.0 Å². The van der Waals surface area contributed by atoms with Gasteiger partial charge in [-0.2, -0.15) is 0 Å². The molecule has 7 nitrogen and oxygen atoms in total. The van der Waals surface area contributed by atoms with Gasteiger partial charge in [0.15, 0.2) is 0 Å². The maximum atomic E-state index is 11.6. The molecule has 0 bridgehead atoms. The van der Waals surface area contributed by atoms with Gasteiger partial charge in [0, 0.05) is 19.3 Å². The fraction of sp³-hybridized carbons (Fsp3) is 0.412. The lowest BCUT2D eigenvalue weighted by Gasteiger charge is -2.18. The van der Waals surface area contributed by atoms with Gasteiger partial charge in [0.1, 0.15) is 6.33 Å². The molecular weight excluding hydrogens is 306 g/mol. The Morgan fingerprint density at radius 2 is 2.00 bits per heavy atom. The minimum absolute atomic E-state index is 0.102. The molecule has 0 aliphatic rings. The monoisotopic (exact) mass is 329 g/mol. The molecule has 0 radical (unpaired) electrons. The van der Waals surface area contributed by atoms with Gasteiger partial charge in [-0.25, -0.2) is 9.97 Å². The average Bonchev–Trinajstić information content (AvgIpc) is 2.55. The number of nitrogens with one attached hydrogen (secondary N) is 1. The molecule has 1 N–H and O–H groups in total. The molecule has 0 saturated heterocycles. The van der Waals surface area contributed by atoms with Crippen LogP contribution < -0.4 is 10.2 Å². The fourth-order valence-electron chi connectivity index (χ4n) is 2.37. The first-order chi connectivity index (χ1) is 11.4. The lowest BCUT2D eigenvalue weighted by molar-refractivity contribution is -0.383. The standard InChI is InChI=1S/C17H23N5O2/c1-5-6-9-21(4)17-15(22(23)24)16(18-11-19-17)20-14-8-7-12(2)13(3)10-14/h7-8,10-11H,5-6,9H2,1-4H3,(H,18,19,20). The minimum Gasteiger partial charge on any atom is -0.354 e. The molecule has 1 aromatic heterocycles. The van der Waals surface area contributed by atoms with E-state index in [1.54, 1.807) is 4.90 Å². The molecule has 1 heterocycles. The van der Waals surface area contributed by atoms with Crippen LogP contribution >= 0.6 is 0 Å². The number of benzene rings is 1. The molecule has 0 unspecified atom stereocenters. The second-order valence-electron chi connectivity index (χ2n) is 5.85. The van der Waals surface area contributed by atoms with Crippen LogP contribution in [-0.4, -0.2) is 28.5 Å². The molecule has 7 heteroatoms. The summed E-state index contributed by atoms with van der Waals surface area (Å²) in [6, 6.07) is 5.80. The molecule has 2 rings (SSSR count). The molecule has 0 atom stereocenters. The van der Waals surface area contributed by atoms with Gasteiger partial charge in [-0.3, -0.25) is 10.1 Å². The lowest BCUT2D eigenvalue weighted by atomic mass is 10.1. The molecule has 0 amide bonds. The number of anilines is 3. The highest BCUT2D eigenvalue weighted by molar-refractivity contribution is 5.74. The number of hydrogen-bond donors (Lipinski definition) is 1. The number of hydrogen-bond acceptors (Lipinski definition) is 6. The predicted octanol–water partition coefficient (Wildman–Crippen LogP) is 3.98. The van der Waals surface area contributed by atoms with Crippen LogP contribution in [0, 0.1) is 24.0 Å². The summed E-state index contributed by atoms with van der Waals surface area (Å²) < 4.78 is 0. The summed E-state index contributed by atoms with van der Waals surface area (Å²) in [4.78, 5) is 21.2. The van der Waals surface area contributed by atoms with Crippen LogP contribution in [0.25, 0.3) is 0 Å². The summed E-state index contributed by atoms with van der Waals surface area (Å²) in [5.74, 6) is 0.534. The zero-order valence-corrected chi connectivity index (χ0v) is 14.5. The molecule has 2 aromatic rings. The second-order valence-corrected chi connectivity index (χ2v) is 5.85. The van der Waals surface area contributed by atoms with E-state index in [1.165, 1.54) is 6.33 Å². The second kappa shape index (κ2) is 7.72. The SMILES string of the molecule is CCCCN(C)c1ncnc(Nc2ccc(C)c(C)c2)c1[N+](=O)[O-]. The van der Waals surface area contributed by atoms with Crippen LogP contribution in [0.4, 0.5) is 23.0 Å². The van der Waals surface area contributed by atoms with Gasteiger partial charge in [-0.05, 0) is 43.5 Å². The number of unbranched alkanes of at least 4 members (excludes halogenated alkanes) is 1. The molecule has 0 fully saturated rings. The summed E-state index contributed by atoms with van der Waals surface area (Å²) in [5.41, 5.74) is 2.94. The topological polar surface area (TPSA) is 84.2 Å². The average molecular weight is 329 g/mol. The predicted molar refractivity (Wildman–Crippen MR) is 96.1 cm³/mol. The highest BCUT2D eigenvalue weighted by Gasteiger charge is 2.25. The Morgan fingerprint density at radius 3 is 2.62 bits per heavy atom. The van der Waals surface area contributed by atoms with Crippen molar-refractivity contribution in [3.63, 3.8) is 0 Å². The van der Waals surface area contributed by atoms with Crippen molar-refractivity contribution in [2.45, 2.75) is 33.6 Å². The molecule has 0 aliphatic carbocycles. The van der Waals surface area contributed by atoms with Gasteiger partial charge in [0.25, 0.3) is 0 Å². The fourth-order valence-corrected chi connectivity index (χ4v) is 2.37. The van der Waals surface area contributed by atoms with E-state index in [2.05, 4.69) is 22.2 Å². The van der Waals surface area contributed by atoms with Gasteiger partial charge >= 0.3 is 5.69 Å². The van der Waals surface area contributed by atoms with E-state index in [0.29, 0.717) is 12.4 Å². The van der Waals surface area contributed by atoms with Gasteiger partial charge in [-0.15, -0.1) is 0 Å². The van der Waals surface area contributed by atoms with E-state index in [1.807, 2.05) is 39.1 Å². The third kappa shape index (κ3) is 3.98. The van der Waals surface area contributed by atoms with E-state index in [0.717, 1.165) is 29.7 Å². The number of rotatable bonds is 7.